The molecule has 0 spiro atoms. The summed E-state index contributed by atoms with van der Waals surface area (Å²) in [4.78, 5) is 7.00. The molecule has 1 saturated heterocycles. The van der Waals surface area contributed by atoms with Crippen LogP contribution in [-0.4, -0.2) is 30.8 Å². The molecule has 1 aliphatic rings. The maximum atomic E-state index is 5.82. The van der Waals surface area contributed by atoms with Gasteiger partial charge in [-0.25, -0.2) is 4.98 Å². The maximum Gasteiger partial charge on any atom is 0.136 e. The number of benzene rings is 1. The molecule has 0 aliphatic carbocycles. The summed E-state index contributed by atoms with van der Waals surface area (Å²) < 4.78 is 5.72. The zero-order valence-electron chi connectivity index (χ0n) is 11.9. The molecule has 2 N–H and O–H groups in total. The van der Waals surface area contributed by atoms with Crippen molar-refractivity contribution in [3.63, 3.8) is 0 Å². The van der Waals surface area contributed by atoms with E-state index in [0.717, 1.165) is 37.5 Å². The third-order valence-electron chi connectivity index (χ3n) is 3.83. The van der Waals surface area contributed by atoms with Gasteiger partial charge in [-0.3, -0.25) is 0 Å². The number of nitrogens with zero attached hydrogens (tertiary/aromatic N) is 2. The van der Waals surface area contributed by atoms with Crippen LogP contribution < -0.4 is 10.6 Å². The quantitative estimate of drug-likeness (QED) is 0.910. The summed E-state index contributed by atoms with van der Waals surface area (Å²) in [5.74, 6) is 1.05. The number of hydrogen-bond donors (Lipinski definition) is 1. The lowest BCUT2D eigenvalue weighted by Crippen LogP contribution is -2.31. The maximum absolute atomic E-state index is 5.82. The first-order valence-electron chi connectivity index (χ1n) is 7.23. The number of hydrogen-bond acceptors (Lipinski definition) is 4. The van der Waals surface area contributed by atoms with E-state index in [2.05, 4.69) is 41.1 Å². The molecule has 2 aromatic rings. The Bertz CT molecular complexity index is 599. The minimum Gasteiger partial charge on any atom is -0.377 e. The molecule has 1 aromatic carbocycles. The average molecular weight is 271 g/mol. The monoisotopic (exact) mass is 271 g/mol. The summed E-state index contributed by atoms with van der Waals surface area (Å²) in [6.45, 7) is 5.35. The third-order valence-corrected chi connectivity index (χ3v) is 3.83. The van der Waals surface area contributed by atoms with Crippen molar-refractivity contribution in [1.82, 2.24) is 4.98 Å². The molecule has 4 heteroatoms. The van der Waals surface area contributed by atoms with Gasteiger partial charge < -0.3 is 15.4 Å². The second kappa shape index (κ2) is 5.77. The lowest BCUT2D eigenvalue weighted by atomic mass is 10.1. The Morgan fingerprint density at radius 3 is 2.95 bits per heavy atom. The van der Waals surface area contributed by atoms with Crippen LogP contribution in [0.15, 0.2) is 30.5 Å². The van der Waals surface area contributed by atoms with Gasteiger partial charge in [0.15, 0.2) is 0 Å². The summed E-state index contributed by atoms with van der Waals surface area (Å²) in [7, 11) is 0. The van der Waals surface area contributed by atoms with Gasteiger partial charge in [0.1, 0.15) is 5.82 Å². The van der Waals surface area contributed by atoms with E-state index in [4.69, 9.17) is 10.5 Å². The first kappa shape index (κ1) is 13.3. The van der Waals surface area contributed by atoms with Gasteiger partial charge in [0.05, 0.1) is 6.10 Å². The van der Waals surface area contributed by atoms with Crippen molar-refractivity contribution in [2.75, 3.05) is 24.6 Å². The normalized spacial score (nSPS) is 20.1. The van der Waals surface area contributed by atoms with Crippen molar-refractivity contribution in [3.8, 4) is 0 Å². The molecule has 1 aliphatic heterocycles. The van der Waals surface area contributed by atoms with Crippen LogP contribution in [0.3, 0.4) is 0 Å². The molecular formula is C16H21N3O. The highest BCUT2D eigenvalue weighted by Gasteiger charge is 2.18. The molecular weight excluding hydrogens is 250 g/mol. The second-order valence-corrected chi connectivity index (χ2v) is 5.34. The highest BCUT2D eigenvalue weighted by Crippen LogP contribution is 2.28. The summed E-state index contributed by atoms with van der Waals surface area (Å²) in [6.07, 6.45) is 3.19. The molecule has 4 nitrogen and oxygen atoms in total. The first-order chi connectivity index (χ1) is 9.79. The van der Waals surface area contributed by atoms with E-state index in [0.29, 0.717) is 6.54 Å². The molecule has 1 fully saturated rings. The number of anilines is 1. The van der Waals surface area contributed by atoms with Crippen molar-refractivity contribution in [1.29, 1.82) is 0 Å². The largest absolute Gasteiger partial charge is 0.377 e. The highest BCUT2D eigenvalue weighted by atomic mass is 16.5. The zero-order valence-corrected chi connectivity index (χ0v) is 11.9. The van der Waals surface area contributed by atoms with Gasteiger partial charge >= 0.3 is 0 Å². The van der Waals surface area contributed by atoms with Crippen molar-refractivity contribution < 1.29 is 4.74 Å². The summed E-state index contributed by atoms with van der Waals surface area (Å²) in [5.41, 5.74) is 6.92. The fourth-order valence-corrected chi connectivity index (χ4v) is 2.84. The molecule has 0 saturated carbocycles. The van der Waals surface area contributed by atoms with Crippen LogP contribution in [0.4, 0.5) is 5.82 Å². The molecule has 0 amide bonds. The van der Waals surface area contributed by atoms with Crippen molar-refractivity contribution in [2.24, 2.45) is 5.73 Å². The number of pyridine rings is 1. The van der Waals surface area contributed by atoms with Crippen molar-refractivity contribution in [3.05, 3.63) is 36.0 Å². The lowest BCUT2D eigenvalue weighted by Gasteiger charge is -2.25. The molecule has 0 radical (unpaired) electrons. The van der Waals surface area contributed by atoms with Crippen LogP contribution >= 0.6 is 0 Å². The molecule has 3 rings (SSSR count). The molecule has 0 bridgehead atoms. The van der Waals surface area contributed by atoms with E-state index in [1.54, 1.807) is 0 Å². The SMILES string of the molecule is CC1CN(c2ncc(CN)c3ccccc23)CCCO1. The Labute approximate surface area is 119 Å². The minimum absolute atomic E-state index is 0.243. The van der Waals surface area contributed by atoms with Crippen LogP contribution in [0.1, 0.15) is 18.9 Å². The predicted molar refractivity (Wildman–Crippen MR) is 81.9 cm³/mol. The Morgan fingerprint density at radius 2 is 2.15 bits per heavy atom. The van der Waals surface area contributed by atoms with E-state index >= 15 is 0 Å². The molecule has 106 valence electrons. The van der Waals surface area contributed by atoms with Crippen LogP contribution in [-0.2, 0) is 11.3 Å². The van der Waals surface area contributed by atoms with Gasteiger partial charge in [-0.2, -0.15) is 0 Å². The van der Waals surface area contributed by atoms with E-state index in [-0.39, 0.29) is 6.10 Å². The van der Waals surface area contributed by atoms with E-state index < -0.39 is 0 Å². The smallest absolute Gasteiger partial charge is 0.136 e. The van der Waals surface area contributed by atoms with E-state index in [9.17, 15) is 0 Å². The highest BCUT2D eigenvalue weighted by molar-refractivity contribution is 5.94. The molecule has 1 unspecified atom stereocenters. The van der Waals surface area contributed by atoms with Crippen LogP contribution in [0.5, 0.6) is 0 Å². The Kier molecular flexibility index (Phi) is 3.85. The second-order valence-electron chi connectivity index (χ2n) is 5.34. The number of rotatable bonds is 2. The number of fused-ring (bicyclic) bond motifs is 1. The third kappa shape index (κ3) is 2.49. The predicted octanol–water partition coefficient (Wildman–Crippen LogP) is 2.31. The summed E-state index contributed by atoms with van der Waals surface area (Å²) >= 11 is 0. The first-order valence-corrected chi connectivity index (χ1v) is 7.23. The Hall–Kier alpha value is -1.65. The van der Waals surface area contributed by atoms with Crippen LogP contribution in [0.2, 0.25) is 0 Å². The van der Waals surface area contributed by atoms with Gasteiger partial charge in [0.25, 0.3) is 0 Å². The standard InChI is InChI=1S/C16H21N3O/c1-12-11-19(7-4-8-20-12)16-15-6-3-2-5-14(15)13(9-17)10-18-16/h2-3,5-6,10,12H,4,7-9,11,17H2,1H3. The van der Waals surface area contributed by atoms with Gasteiger partial charge in [-0.1, -0.05) is 24.3 Å². The minimum atomic E-state index is 0.243. The number of nitrogens with two attached hydrogens (primary N) is 1. The zero-order chi connectivity index (χ0) is 13.9. The summed E-state index contributed by atoms with van der Waals surface area (Å²) in [6, 6.07) is 8.37. The number of ether oxygens (including phenoxy) is 1. The molecule has 2 heterocycles. The fourth-order valence-electron chi connectivity index (χ4n) is 2.84. The van der Waals surface area contributed by atoms with Gasteiger partial charge in [-0.15, -0.1) is 0 Å². The lowest BCUT2D eigenvalue weighted by molar-refractivity contribution is 0.0820. The van der Waals surface area contributed by atoms with Gasteiger partial charge in [-0.05, 0) is 24.3 Å². The van der Waals surface area contributed by atoms with Gasteiger partial charge in [0, 0.05) is 37.8 Å². The van der Waals surface area contributed by atoms with Crippen molar-refractivity contribution in [2.45, 2.75) is 26.0 Å². The average Bonchev–Trinajstić information content (AvgIpc) is 2.70. The number of aromatic nitrogens is 1. The van der Waals surface area contributed by atoms with Crippen LogP contribution in [0, 0.1) is 0 Å². The van der Waals surface area contributed by atoms with E-state index in [1.807, 2.05) is 6.20 Å². The molecule has 1 atom stereocenters. The fraction of sp³-hybridized carbons (Fsp3) is 0.438. The Morgan fingerprint density at radius 1 is 1.35 bits per heavy atom. The van der Waals surface area contributed by atoms with Crippen molar-refractivity contribution >= 4 is 16.6 Å². The molecule has 1 aromatic heterocycles. The molecule has 20 heavy (non-hydrogen) atoms. The summed E-state index contributed by atoms with van der Waals surface area (Å²) in [5, 5.41) is 2.39. The van der Waals surface area contributed by atoms with Gasteiger partial charge in [0.2, 0.25) is 0 Å². The van der Waals surface area contributed by atoms with E-state index in [1.165, 1.54) is 10.8 Å². The van der Waals surface area contributed by atoms with Crippen LogP contribution in [0.25, 0.3) is 10.8 Å². The Balaban J connectivity index is 2.07. The topological polar surface area (TPSA) is 51.4 Å².